The Morgan fingerprint density at radius 3 is 2.62 bits per heavy atom. The van der Waals surface area contributed by atoms with Gasteiger partial charge in [-0.15, -0.1) is 23.1 Å². The van der Waals surface area contributed by atoms with Gasteiger partial charge in [0.15, 0.2) is 5.13 Å². The van der Waals surface area contributed by atoms with Crippen LogP contribution in [-0.4, -0.2) is 22.6 Å². The number of benzene rings is 1. The van der Waals surface area contributed by atoms with Gasteiger partial charge in [-0.05, 0) is 36.6 Å². The lowest BCUT2D eigenvalue weighted by Gasteiger charge is -2.20. The lowest BCUT2D eigenvalue weighted by Crippen LogP contribution is -2.15. The van der Waals surface area contributed by atoms with E-state index in [4.69, 9.17) is 0 Å². The number of aromatic nitrogens is 1. The third-order valence-electron chi connectivity index (χ3n) is 4.91. The largest absolute Gasteiger partial charge is 0.325 e. The second-order valence-electron chi connectivity index (χ2n) is 7.28. The van der Waals surface area contributed by atoms with Gasteiger partial charge >= 0.3 is 0 Å². The highest BCUT2D eigenvalue weighted by atomic mass is 32.2. The van der Waals surface area contributed by atoms with Crippen LogP contribution in [0.5, 0.6) is 0 Å². The van der Waals surface area contributed by atoms with Crippen LogP contribution in [-0.2, 0) is 15.3 Å². The molecular weight excluding hydrogens is 409 g/mol. The molecule has 1 aliphatic carbocycles. The fraction of sp³-hybridized carbons (Fsp3) is 0.476. The number of carbonyl (C=O) groups excluding carboxylic acids is 2. The summed E-state index contributed by atoms with van der Waals surface area (Å²) >= 11 is 2.85. The zero-order chi connectivity index (χ0) is 20.5. The minimum absolute atomic E-state index is 0.0304. The van der Waals surface area contributed by atoms with E-state index in [0.717, 1.165) is 12.1 Å². The Balaban J connectivity index is 1.33. The molecule has 2 amide bonds. The normalized spacial score (nSPS) is 14.5. The molecule has 8 heteroatoms. The second-order valence-corrected chi connectivity index (χ2v) is 9.13. The van der Waals surface area contributed by atoms with Gasteiger partial charge in [0, 0.05) is 23.2 Å². The number of rotatable bonds is 9. The van der Waals surface area contributed by atoms with Crippen LogP contribution in [0.1, 0.15) is 50.6 Å². The van der Waals surface area contributed by atoms with Crippen molar-refractivity contribution in [3.05, 3.63) is 41.2 Å². The fourth-order valence-corrected chi connectivity index (χ4v) is 4.95. The quantitative estimate of drug-likeness (QED) is 0.549. The molecule has 0 unspecified atom stereocenters. The first-order chi connectivity index (χ1) is 14.1. The molecule has 3 rings (SSSR count). The molecule has 1 fully saturated rings. The van der Waals surface area contributed by atoms with Crippen molar-refractivity contribution < 1.29 is 14.0 Å². The number of thiazole rings is 1. The predicted octanol–water partition coefficient (Wildman–Crippen LogP) is 5.45. The van der Waals surface area contributed by atoms with Gasteiger partial charge in [-0.1, -0.05) is 32.1 Å². The van der Waals surface area contributed by atoms with E-state index in [-0.39, 0.29) is 23.4 Å². The van der Waals surface area contributed by atoms with E-state index in [9.17, 15) is 14.0 Å². The summed E-state index contributed by atoms with van der Waals surface area (Å²) in [6.45, 7) is 0. The Labute approximate surface area is 178 Å². The summed E-state index contributed by atoms with van der Waals surface area (Å²) in [6, 6.07) is 5.68. The Kier molecular flexibility index (Phi) is 8.49. The molecule has 1 aromatic heterocycles. The molecule has 1 saturated carbocycles. The molecule has 0 spiro atoms. The SMILES string of the molecule is O=C(CSCc1csc(NC(=O)CCC2CCCCC2)n1)Nc1ccc(F)cc1. The Bertz CT molecular complexity index is 805. The molecule has 2 N–H and O–H groups in total. The number of nitrogens with zero attached hydrogens (tertiary/aromatic N) is 1. The standard InChI is InChI=1S/C21H26FN3O2S2/c22-16-7-9-17(10-8-16)23-20(27)14-28-12-18-13-29-21(24-18)25-19(26)11-6-15-4-2-1-3-5-15/h7-10,13,15H,1-6,11-12,14H2,(H,23,27)(H,24,25,26). The second kappa shape index (κ2) is 11.3. The highest BCUT2D eigenvalue weighted by Gasteiger charge is 2.15. The van der Waals surface area contributed by atoms with E-state index in [1.165, 1.54) is 79.5 Å². The molecule has 29 heavy (non-hydrogen) atoms. The fourth-order valence-electron chi connectivity index (χ4n) is 3.40. The number of hydrogen-bond acceptors (Lipinski definition) is 5. The summed E-state index contributed by atoms with van der Waals surface area (Å²) in [6.07, 6.45) is 7.93. The zero-order valence-electron chi connectivity index (χ0n) is 16.3. The van der Waals surface area contributed by atoms with Crippen molar-refractivity contribution in [3.8, 4) is 0 Å². The van der Waals surface area contributed by atoms with Crippen molar-refractivity contribution in [1.82, 2.24) is 4.98 Å². The van der Waals surface area contributed by atoms with Crippen LogP contribution in [0, 0.1) is 11.7 Å². The highest BCUT2D eigenvalue weighted by molar-refractivity contribution is 7.99. The molecule has 1 heterocycles. The third kappa shape index (κ3) is 7.78. The summed E-state index contributed by atoms with van der Waals surface area (Å²) < 4.78 is 12.9. The molecule has 1 aromatic carbocycles. The maximum atomic E-state index is 12.9. The minimum atomic E-state index is -0.335. The van der Waals surface area contributed by atoms with Gasteiger partial charge in [0.25, 0.3) is 0 Å². The number of thioether (sulfide) groups is 1. The lowest BCUT2D eigenvalue weighted by atomic mass is 9.86. The van der Waals surface area contributed by atoms with E-state index < -0.39 is 0 Å². The monoisotopic (exact) mass is 435 g/mol. The molecule has 0 bridgehead atoms. The van der Waals surface area contributed by atoms with Crippen LogP contribution >= 0.6 is 23.1 Å². The van der Waals surface area contributed by atoms with Gasteiger partial charge in [-0.25, -0.2) is 9.37 Å². The maximum absolute atomic E-state index is 12.9. The summed E-state index contributed by atoms with van der Waals surface area (Å²) in [4.78, 5) is 28.5. The smallest absolute Gasteiger partial charge is 0.234 e. The van der Waals surface area contributed by atoms with E-state index in [2.05, 4.69) is 15.6 Å². The average Bonchev–Trinajstić information content (AvgIpc) is 3.16. The number of carbonyl (C=O) groups is 2. The van der Waals surface area contributed by atoms with Crippen LogP contribution in [0.2, 0.25) is 0 Å². The minimum Gasteiger partial charge on any atom is -0.325 e. The van der Waals surface area contributed by atoms with Gasteiger partial charge in [-0.3, -0.25) is 9.59 Å². The van der Waals surface area contributed by atoms with E-state index in [0.29, 0.717) is 28.9 Å². The van der Waals surface area contributed by atoms with E-state index >= 15 is 0 Å². The molecule has 0 saturated heterocycles. The summed E-state index contributed by atoms with van der Waals surface area (Å²) in [5, 5.41) is 8.13. The third-order valence-corrected chi connectivity index (χ3v) is 6.69. The van der Waals surface area contributed by atoms with Crippen LogP contribution in [0.15, 0.2) is 29.6 Å². The van der Waals surface area contributed by atoms with Crippen LogP contribution in [0.4, 0.5) is 15.2 Å². The van der Waals surface area contributed by atoms with Crippen molar-refractivity contribution in [2.24, 2.45) is 5.92 Å². The molecule has 1 aliphatic rings. The highest BCUT2D eigenvalue weighted by Crippen LogP contribution is 2.27. The lowest BCUT2D eigenvalue weighted by molar-refractivity contribution is -0.116. The first kappa shape index (κ1) is 21.8. The number of amides is 2. The average molecular weight is 436 g/mol. The number of hydrogen-bond donors (Lipinski definition) is 2. The summed E-state index contributed by atoms with van der Waals surface area (Å²) in [5.74, 6) is 1.11. The Morgan fingerprint density at radius 1 is 1.10 bits per heavy atom. The predicted molar refractivity (Wildman–Crippen MR) is 118 cm³/mol. The molecule has 156 valence electrons. The van der Waals surface area contributed by atoms with Gasteiger partial charge < -0.3 is 10.6 Å². The van der Waals surface area contributed by atoms with Crippen molar-refractivity contribution in [2.45, 2.75) is 50.7 Å². The number of halogens is 1. The molecular formula is C21H26FN3O2S2. The first-order valence-electron chi connectivity index (χ1n) is 9.96. The van der Waals surface area contributed by atoms with Crippen LogP contribution < -0.4 is 10.6 Å². The number of nitrogens with one attached hydrogen (secondary N) is 2. The number of anilines is 2. The summed E-state index contributed by atoms with van der Waals surface area (Å²) in [7, 11) is 0. The zero-order valence-corrected chi connectivity index (χ0v) is 17.9. The molecule has 5 nitrogen and oxygen atoms in total. The van der Waals surface area contributed by atoms with E-state index in [1.54, 1.807) is 0 Å². The molecule has 0 atom stereocenters. The summed E-state index contributed by atoms with van der Waals surface area (Å²) in [5.41, 5.74) is 1.42. The van der Waals surface area contributed by atoms with E-state index in [1.807, 2.05) is 5.38 Å². The molecule has 2 aromatic rings. The van der Waals surface area contributed by atoms with Crippen molar-refractivity contribution in [3.63, 3.8) is 0 Å². The van der Waals surface area contributed by atoms with Gasteiger partial charge in [0.1, 0.15) is 5.82 Å². The van der Waals surface area contributed by atoms with Crippen molar-refractivity contribution in [1.29, 1.82) is 0 Å². The van der Waals surface area contributed by atoms with Crippen LogP contribution in [0.3, 0.4) is 0 Å². The first-order valence-corrected chi connectivity index (χ1v) is 12.0. The van der Waals surface area contributed by atoms with Gasteiger partial charge in [0.05, 0.1) is 11.4 Å². The van der Waals surface area contributed by atoms with Gasteiger partial charge in [0.2, 0.25) is 11.8 Å². The Morgan fingerprint density at radius 2 is 1.86 bits per heavy atom. The Hall–Kier alpha value is -1.93. The topological polar surface area (TPSA) is 71.1 Å². The molecule has 0 radical (unpaired) electrons. The van der Waals surface area contributed by atoms with Gasteiger partial charge in [-0.2, -0.15) is 0 Å². The maximum Gasteiger partial charge on any atom is 0.234 e. The van der Waals surface area contributed by atoms with Crippen molar-refractivity contribution in [2.75, 3.05) is 16.4 Å². The van der Waals surface area contributed by atoms with Crippen molar-refractivity contribution >= 4 is 45.7 Å². The molecule has 0 aliphatic heterocycles. The van der Waals surface area contributed by atoms with Crippen LogP contribution in [0.25, 0.3) is 0 Å².